The molecule has 2 aliphatic rings. The number of aryl methyl sites for hydroxylation is 1. The van der Waals surface area contributed by atoms with Gasteiger partial charge in [0.2, 0.25) is 5.95 Å². The molecule has 0 radical (unpaired) electrons. The van der Waals surface area contributed by atoms with Crippen LogP contribution in [0.15, 0.2) is 41.6 Å². The van der Waals surface area contributed by atoms with E-state index in [2.05, 4.69) is 25.1 Å². The van der Waals surface area contributed by atoms with Crippen LogP contribution in [-0.2, 0) is 13.2 Å². The van der Waals surface area contributed by atoms with Crippen LogP contribution < -0.4 is 20.7 Å². The van der Waals surface area contributed by atoms with Crippen LogP contribution in [0.5, 0.6) is 0 Å². The van der Waals surface area contributed by atoms with Crippen molar-refractivity contribution in [2.24, 2.45) is 7.05 Å². The van der Waals surface area contributed by atoms with Gasteiger partial charge in [-0.25, -0.2) is 14.4 Å². The molecule has 230 valence electrons. The average Bonchev–Trinajstić information content (AvgIpc) is 2.96. The van der Waals surface area contributed by atoms with Gasteiger partial charge in [-0.05, 0) is 33.2 Å². The maximum Gasteiger partial charge on any atom is 0.417 e. The van der Waals surface area contributed by atoms with E-state index in [9.17, 15) is 22.8 Å². The van der Waals surface area contributed by atoms with E-state index in [4.69, 9.17) is 0 Å². The van der Waals surface area contributed by atoms with E-state index in [0.29, 0.717) is 42.9 Å². The maximum absolute atomic E-state index is 15.7. The topological polar surface area (TPSA) is 89.8 Å². The fourth-order valence-corrected chi connectivity index (χ4v) is 5.28. The van der Waals surface area contributed by atoms with Crippen molar-refractivity contribution >= 4 is 23.2 Å². The molecular formula is C29H34F4N8O2. The van der Waals surface area contributed by atoms with E-state index in [0.717, 1.165) is 36.9 Å². The number of benzene rings is 1. The van der Waals surface area contributed by atoms with Crippen molar-refractivity contribution in [1.29, 1.82) is 0 Å². The largest absolute Gasteiger partial charge is 0.417 e. The zero-order valence-electron chi connectivity index (χ0n) is 24.5. The van der Waals surface area contributed by atoms with Crippen LogP contribution in [0, 0.1) is 5.82 Å². The molecule has 1 atom stereocenters. The molecule has 0 bridgehead atoms. The lowest BCUT2D eigenvalue weighted by molar-refractivity contribution is -0.138. The van der Waals surface area contributed by atoms with Crippen molar-refractivity contribution in [3.63, 3.8) is 0 Å². The molecule has 2 fully saturated rings. The van der Waals surface area contributed by atoms with Gasteiger partial charge in [-0.3, -0.25) is 9.59 Å². The van der Waals surface area contributed by atoms with Gasteiger partial charge < -0.3 is 29.5 Å². The number of piperazine rings is 2. The Hall–Kier alpha value is -4.04. The number of rotatable bonds is 5. The summed E-state index contributed by atoms with van der Waals surface area (Å²) in [6.07, 6.45) is -1.09. The minimum absolute atomic E-state index is 0.0858. The average molecular weight is 603 g/mol. The second kappa shape index (κ2) is 11.9. The molecular weight excluding hydrogens is 568 g/mol. The molecule has 43 heavy (non-hydrogen) atoms. The van der Waals surface area contributed by atoms with Crippen LogP contribution in [0.1, 0.15) is 22.8 Å². The van der Waals surface area contributed by atoms with Crippen LogP contribution >= 0.6 is 0 Å². The summed E-state index contributed by atoms with van der Waals surface area (Å²) in [5, 5.41) is 2.58. The molecule has 1 aromatic carbocycles. The smallest absolute Gasteiger partial charge is 0.367 e. The Morgan fingerprint density at radius 3 is 2.23 bits per heavy atom. The summed E-state index contributed by atoms with van der Waals surface area (Å²) in [5.41, 5.74) is -2.08. The summed E-state index contributed by atoms with van der Waals surface area (Å²) in [6.45, 7) is 6.93. The zero-order chi connectivity index (χ0) is 31.1. The Bertz CT molecular complexity index is 1550. The molecule has 0 unspecified atom stereocenters. The number of likely N-dealkylation sites (N-methyl/N-ethyl adjacent to an activating group) is 2. The van der Waals surface area contributed by atoms with Crippen molar-refractivity contribution in [3.8, 4) is 11.1 Å². The predicted octanol–water partition coefficient (Wildman–Crippen LogP) is 3.14. The Balaban J connectivity index is 1.53. The molecule has 1 amide bonds. The third-order valence-electron chi connectivity index (χ3n) is 8.15. The first kappa shape index (κ1) is 30.4. The lowest BCUT2D eigenvalue weighted by Crippen LogP contribution is -2.50. The van der Waals surface area contributed by atoms with Crippen LogP contribution in [0.2, 0.25) is 0 Å². The number of alkyl halides is 3. The molecule has 3 aromatic rings. The Labute approximate surface area is 246 Å². The summed E-state index contributed by atoms with van der Waals surface area (Å²) in [6, 6.07) is 3.18. The number of amides is 1. The standard InChI is InChI=1S/C29H34F4N8O2/c1-18-16-41(10-7-38(18)3)25-13-23(30)20(19-14-34-28(35-15-19)40-8-5-37(2)6-9-40)11-24(25)36-27(43)21-17-39(4)26(42)12-22(21)29(31,32)33/h11-15,17-18H,5-10,16H2,1-4H3,(H,36,43)/t18-/m0/s1. The molecule has 14 heteroatoms. The van der Waals surface area contributed by atoms with E-state index in [1.807, 2.05) is 30.8 Å². The molecule has 10 nitrogen and oxygen atoms in total. The number of nitrogens with zero attached hydrogens (tertiary/aromatic N) is 7. The molecule has 2 aliphatic heterocycles. The highest BCUT2D eigenvalue weighted by molar-refractivity contribution is 6.07. The number of aromatic nitrogens is 3. The molecule has 2 saturated heterocycles. The number of hydrogen-bond donors (Lipinski definition) is 1. The Kier molecular flexibility index (Phi) is 8.43. The van der Waals surface area contributed by atoms with Crippen molar-refractivity contribution in [1.82, 2.24) is 24.3 Å². The fourth-order valence-electron chi connectivity index (χ4n) is 5.28. The number of pyridine rings is 1. The molecule has 5 rings (SSSR count). The van der Waals surface area contributed by atoms with Crippen molar-refractivity contribution in [2.75, 3.05) is 75.0 Å². The van der Waals surface area contributed by atoms with Gasteiger partial charge in [0.15, 0.2) is 0 Å². The summed E-state index contributed by atoms with van der Waals surface area (Å²) >= 11 is 0. The number of halogens is 4. The van der Waals surface area contributed by atoms with E-state index >= 15 is 4.39 Å². The quantitative estimate of drug-likeness (QED) is 0.446. The predicted molar refractivity (Wildman–Crippen MR) is 156 cm³/mol. The van der Waals surface area contributed by atoms with Crippen LogP contribution in [-0.4, -0.2) is 96.2 Å². The number of carbonyl (C=O) groups is 1. The minimum atomic E-state index is -4.94. The monoisotopic (exact) mass is 602 g/mol. The molecule has 0 spiro atoms. The summed E-state index contributed by atoms with van der Waals surface area (Å²) in [7, 11) is 5.27. The van der Waals surface area contributed by atoms with E-state index in [-0.39, 0.29) is 17.3 Å². The summed E-state index contributed by atoms with van der Waals surface area (Å²) in [4.78, 5) is 42.5. The van der Waals surface area contributed by atoms with Crippen molar-refractivity contribution < 1.29 is 22.4 Å². The first-order valence-corrected chi connectivity index (χ1v) is 14.0. The lowest BCUT2D eigenvalue weighted by atomic mass is 10.0. The SMILES string of the molecule is C[C@H]1CN(c2cc(F)c(-c3cnc(N4CCN(C)CC4)nc3)cc2NC(=O)c2cn(C)c(=O)cc2C(F)(F)F)CCN1C. The van der Waals surface area contributed by atoms with Crippen LogP contribution in [0.25, 0.3) is 11.1 Å². The highest BCUT2D eigenvalue weighted by atomic mass is 19.4. The Morgan fingerprint density at radius 1 is 0.953 bits per heavy atom. The Morgan fingerprint density at radius 2 is 1.60 bits per heavy atom. The van der Waals surface area contributed by atoms with Gasteiger partial charge in [0.05, 0.1) is 22.5 Å². The summed E-state index contributed by atoms with van der Waals surface area (Å²) in [5.74, 6) is -1.15. The molecule has 2 aromatic heterocycles. The van der Waals surface area contributed by atoms with Crippen LogP contribution in [0.3, 0.4) is 0 Å². The van der Waals surface area contributed by atoms with Gasteiger partial charge >= 0.3 is 6.18 Å². The van der Waals surface area contributed by atoms with Gasteiger partial charge in [-0.15, -0.1) is 0 Å². The normalized spacial score (nSPS) is 18.7. The first-order valence-electron chi connectivity index (χ1n) is 14.0. The highest BCUT2D eigenvalue weighted by Crippen LogP contribution is 2.37. The van der Waals surface area contributed by atoms with E-state index in [1.54, 1.807) is 0 Å². The highest BCUT2D eigenvalue weighted by Gasteiger charge is 2.36. The third-order valence-corrected chi connectivity index (χ3v) is 8.15. The molecule has 0 aliphatic carbocycles. The second-order valence-electron chi connectivity index (χ2n) is 11.2. The number of hydrogen-bond acceptors (Lipinski definition) is 8. The van der Waals surface area contributed by atoms with Crippen molar-refractivity contribution in [3.05, 3.63) is 64.1 Å². The molecule has 0 saturated carbocycles. The number of nitrogens with one attached hydrogen (secondary N) is 1. The third kappa shape index (κ3) is 6.49. The van der Waals surface area contributed by atoms with Gasteiger partial charge in [0.1, 0.15) is 5.82 Å². The molecule has 4 heterocycles. The lowest BCUT2D eigenvalue weighted by Gasteiger charge is -2.39. The van der Waals surface area contributed by atoms with Gasteiger partial charge in [-0.1, -0.05) is 0 Å². The van der Waals surface area contributed by atoms with Crippen LogP contribution in [0.4, 0.5) is 34.9 Å². The first-order chi connectivity index (χ1) is 20.3. The van der Waals surface area contributed by atoms with Crippen molar-refractivity contribution in [2.45, 2.75) is 19.1 Å². The zero-order valence-corrected chi connectivity index (χ0v) is 24.5. The minimum Gasteiger partial charge on any atom is -0.367 e. The number of carbonyl (C=O) groups excluding carboxylic acids is 1. The fraction of sp³-hybridized carbons (Fsp3) is 0.448. The van der Waals surface area contributed by atoms with Gasteiger partial charge in [0.25, 0.3) is 11.5 Å². The van der Waals surface area contributed by atoms with E-state index in [1.165, 1.54) is 31.6 Å². The van der Waals surface area contributed by atoms with Gasteiger partial charge in [-0.2, -0.15) is 13.2 Å². The van der Waals surface area contributed by atoms with Gasteiger partial charge in [0, 0.05) is 94.7 Å². The maximum atomic E-state index is 15.7. The summed E-state index contributed by atoms with van der Waals surface area (Å²) < 4.78 is 58.1. The molecule has 1 N–H and O–H groups in total. The van der Waals surface area contributed by atoms with E-state index < -0.39 is 34.6 Å². The second-order valence-corrected chi connectivity index (χ2v) is 11.2. The number of anilines is 3.